The Bertz CT molecular complexity index is 756. The molecular weight excluding hydrogens is 378 g/mol. The topological polar surface area (TPSA) is 60.2 Å². The molecule has 94 valence electrons. The van der Waals surface area contributed by atoms with Gasteiger partial charge in [-0.25, -0.2) is 0 Å². The number of nitrogens with zero attached hydrogens (tertiary/aromatic N) is 1. The van der Waals surface area contributed by atoms with E-state index < -0.39 is 4.92 Å². The molecule has 0 saturated heterocycles. The summed E-state index contributed by atoms with van der Waals surface area (Å²) in [6.45, 7) is 0. The standard InChI is InChI=1S/C13H5Br2NO3/c14-11-4-8-7-2-1-6(16(18)19)3-9(7)13(17)10(8)5-12(11)15/h1-5H. The van der Waals surface area contributed by atoms with E-state index in [1.807, 2.05) is 6.07 Å². The third kappa shape index (κ3) is 1.82. The summed E-state index contributed by atoms with van der Waals surface area (Å²) in [4.78, 5) is 22.5. The van der Waals surface area contributed by atoms with Crippen LogP contribution in [0.3, 0.4) is 0 Å². The van der Waals surface area contributed by atoms with Gasteiger partial charge in [0.15, 0.2) is 5.78 Å². The molecule has 0 radical (unpaired) electrons. The Hall–Kier alpha value is -1.53. The molecule has 19 heavy (non-hydrogen) atoms. The average Bonchev–Trinajstić information content (AvgIpc) is 2.64. The average molecular weight is 383 g/mol. The molecule has 0 unspecified atom stereocenters. The second-order valence-electron chi connectivity index (χ2n) is 4.13. The van der Waals surface area contributed by atoms with Crippen LogP contribution in [0.2, 0.25) is 0 Å². The number of carbonyl (C=O) groups excluding carboxylic acids is 1. The van der Waals surface area contributed by atoms with E-state index >= 15 is 0 Å². The van der Waals surface area contributed by atoms with Crippen LogP contribution < -0.4 is 0 Å². The van der Waals surface area contributed by atoms with Crippen molar-refractivity contribution in [1.82, 2.24) is 0 Å². The van der Waals surface area contributed by atoms with Crippen LogP contribution >= 0.6 is 31.9 Å². The first-order chi connectivity index (χ1) is 8.99. The van der Waals surface area contributed by atoms with Gasteiger partial charge in [-0.3, -0.25) is 14.9 Å². The van der Waals surface area contributed by atoms with Gasteiger partial charge in [0.2, 0.25) is 0 Å². The lowest BCUT2D eigenvalue weighted by Gasteiger charge is -2.02. The van der Waals surface area contributed by atoms with E-state index in [1.54, 1.807) is 12.1 Å². The fourth-order valence-electron chi connectivity index (χ4n) is 2.17. The molecule has 0 aromatic heterocycles. The molecule has 3 rings (SSSR count). The van der Waals surface area contributed by atoms with Crippen molar-refractivity contribution in [2.75, 3.05) is 0 Å². The lowest BCUT2D eigenvalue weighted by Crippen LogP contribution is -1.96. The normalized spacial score (nSPS) is 12.2. The van der Waals surface area contributed by atoms with Gasteiger partial charge in [0.05, 0.1) is 4.92 Å². The summed E-state index contributed by atoms with van der Waals surface area (Å²) >= 11 is 6.74. The molecule has 0 heterocycles. The summed E-state index contributed by atoms with van der Waals surface area (Å²) < 4.78 is 1.62. The van der Waals surface area contributed by atoms with Crippen molar-refractivity contribution in [2.24, 2.45) is 0 Å². The number of rotatable bonds is 1. The number of benzene rings is 2. The van der Waals surface area contributed by atoms with E-state index in [0.717, 1.165) is 20.1 Å². The van der Waals surface area contributed by atoms with Gasteiger partial charge in [-0.1, -0.05) is 0 Å². The molecule has 0 bridgehead atoms. The number of hydrogen-bond acceptors (Lipinski definition) is 3. The minimum absolute atomic E-state index is 0.0713. The number of nitro benzene ring substituents is 1. The van der Waals surface area contributed by atoms with E-state index in [1.165, 1.54) is 12.1 Å². The summed E-state index contributed by atoms with van der Waals surface area (Å²) in [6, 6.07) is 7.94. The van der Waals surface area contributed by atoms with Crippen molar-refractivity contribution in [3.05, 3.63) is 60.5 Å². The summed E-state index contributed by atoms with van der Waals surface area (Å²) in [5, 5.41) is 10.8. The van der Waals surface area contributed by atoms with E-state index in [0.29, 0.717) is 11.1 Å². The highest BCUT2D eigenvalue weighted by Crippen LogP contribution is 2.41. The van der Waals surface area contributed by atoms with Gasteiger partial charge in [-0.15, -0.1) is 0 Å². The van der Waals surface area contributed by atoms with Crippen LogP contribution in [0.4, 0.5) is 5.69 Å². The Morgan fingerprint density at radius 2 is 1.47 bits per heavy atom. The highest BCUT2D eigenvalue weighted by molar-refractivity contribution is 9.13. The third-order valence-corrected chi connectivity index (χ3v) is 4.90. The van der Waals surface area contributed by atoms with Crippen LogP contribution in [-0.2, 0) is 0 Å². The van der Waals surface area contributed by atoms with E-state index in [2.05, 4.69) is 31.9 Å². The number of ketones is 1. The molecule has 0 atom stereocenters. The zero-order valence-corrected chi connectivity index (χ0v) is 12.5. The van der Waals surface area contributed by atoms with Crippen molar-refractivity contribution < 1.29 is 9.72 Å². The zero-order valence-electron chi connectivity index (χ0n) is 9.31. The Balaban J connectivity index is 2.28. The lowest BCUT2D eigenvalue weighted by atomic mass is 10.1. The van der Waals surface area contributed by atoms with E-state index in [4.69, 9.17) is 0 Å². The maximum Gasteiger partial charge on any atom is 0.270 e. The molecule has 2 aromatic rings. The van der Waals surface area contributed by atoms with Crippen LogP contribution in [0.15, 0.2) is 39.3 Å². The maximum atomic E-state index is 12.3. The van der Waals surface area contributed by atoms with Gasteiger partial charge in [-0.2, -0.15) is 0 Å². The SMILES string of the molecule is O=C1c2cc([N+](=O)[O-])ccc2-c2cc(Br)c(Br)cc21. The van der Waals surface area contributed by atoms with Crippen LogP contribution in [-0.4, -0.2) is 10.7 Å². The molecule has 2 aromatic carbocycles. The van der Waals surface area contributed by atoms with Crippen LogP contribution in [0.5, 0.6) is 0 Å². The second kappa shape index (κ2) is 4.25. The van der Waals surface area contributed by atoms with Crippen molar-refractivity contribution in [2.45, 2.75) is 0 Å². The molecule has 0 fully saturated rings. The van der Waals surface area contributed by atoms with Crippen molar-refractivity contribution in [3.63, 3.8) is 0 Å². The maximum absolute atomic E-state index is 12.3. The Morgan fingerprint density at radius 3 is 2.11 bits per heavy atom. The molecule has 1 aliphatic carbocycles. The molecule has 6 heteroatoms. The van der Waals surface area contributed by atoms with Gasteiger partial charge in [0.25, 0.3) is 5.69 Å². The van der Waals surface area contributed by atoms with Gasteiger partial charge < -0.3 is 0 Å². The summed E-state index contributed by atoms with van der Waals surface area (Å²) in [5.41, 5.74) is 2.40. The number of halogens is 2. The first kappa shape index (κ1) is 12.5. The largest absolute Gasteiger partial charge is 0.289 e. The number of fused-ring (bicyclic) bond motifs is 3. The van der Waals surface area contributed by atoms with Crippen LogP contribution in [0.25, 0.3) is 11.1 Å². The number of hydrogen-bond donors (Lipinski definition) is 0. The number of non-ortho nitro benzene ring substituents is 1. The fourth-order valence-corrected chi connectivity index (χ4v) is 2.86. The summed E-state index contributed by atoms with van der Waals surface area (Å²) in [7, 11) is 0. The zero-order chi connectivity index (χ0) is 13.7. The highest BCUT2D eigenvalue weighted by Gasteiger charge is 2.29. The van der Waals surface area contributed by atoms with Crippen molar-refractivity contribution in [3.8, 4) is 11.1 Å². The third-order valence-electron chi connectivity index (χ3n) is 3.05. The van der Waals surface area contributed by atoms with Gasteiger partial charge in [0, 0.05) is 32.2 Å². The quantitative estimate of drug-likeness (QED) is 0.464. The Labute approximate surface area is 124 Å². The van der Waals surface area contributed by atoms with E-state index in [9.17, 15) is 14.9 Å². The molecular formula is C13H5Br2NO3. The van der Waals surface area contributed by atoms with Crippen LogP contribution in [0, 0.1) is 10.1 Å². The van der Waals surface area contributed by atoms with Crippen LogP contribution in [0.1, 0.15) is 15.9 Å². The van der Waals surface area contributed by atoms with Gasteiger partial charge in [0.1, 0.15) is 0 Å². The van der Waals surface area contributed by atoms with E-state index in [-0.39, 0.29) is 11.5 Å². The Morgan fingerprint density at radius 1 is 0.895 bits per heavy atom. The molecule has 0 spiro atoms. The molecule has 0 N–H and O–H groups in total. The second-order valence-corrected chi connectivity index (χ2v) is 5.84. The molecule has 1 aliphatic rings. The highest BCUT2D eigenvalue weighted by atomic mass is 79.9. The fraction of sp³-hybridized carbons (Fsp3) is 0. The van der Waals surface area contributed by atoms with Gasteiger partial charge >= 0.3 is 0 Å². The number of nitro groups is 1. The minimum Gasteiger partial charge on any atom is -0.289 e. The summed E-state index contributed by atoms with van der Waals surface area (Å²) in [6.07, 6.45) is 0. The first-order valence-corrected chi connectivity index (χ1v) is 6.90. The molecule has 0 amide bonds. The van der Waals surface area contributed by atoms with Crippen molar-refractivity contribution >= 4 is 43.3 Å². The monoisotopic (exact) mass is 381 g/mol. The lowest BCUT2D eigenvalue weighted by molar-refractivity contribution is -0.384. The van der Waals surface area contributed by atoms with Gasteiger partial charge in [-0.05, 0) is 61.2 Å². The minimum atomic E-state index is -0.498. The number of carbonyl (C=O) groups is 1. The van der Waals surface area contributed by atoms with Crippen molar-refractivity contribution in [1.29, 1.82) is 0 Å². The first-order valence-electron chi connectivity index (χ1n) is 5.31. The molecule has 0 aliphatic heterocycles. The summed E-state index contributed by atoms with van der Waals surface area (Å²) in [5.74, 6) is -0.179. The smallest absolute Gasteiger partial charge is 0.270 e. The predicted molar refractivity (Wildman–Crippen MR) is 77.4 cm³/mol. The Kier molecular flexibility index (Phi) is 2.79. The predicted octanol–water partition coefficient (Wildman–Crippen LogP) is 4.33. The molecule has 0 saturated carbocycles. The molecule has 4 nitrogen and oxygen atoms in total.